The number of piperazine rings is 1. The molecule has 0 atom stereocenters. The molecular weight excluding hydrogens is 338 g/mol. The first-order valence-electron chi connectivity index (χ1n) is 8.36. The van der Waals surface area contributed by atoms with E-state index >= 15 is 0 Å². The molecule has 25 heavy (non-hydrogen) atoms. The Morgan fingerprint density at radius 3 is 2.56 bits per heavy atom. The normalized spacial score (nSPS) is 14.4. The zero-order valence-electron chi connectivity index (χ0n) is 14.1. The van der Waals surface area contributed by atoms with E-state index in [1.165, 1.54) is 5.69 Å². The maximum atomic E-state index is 12.3. The molecule has 0 bridgehead atoms. The number of carbonyl (C=O) groups excluding carboxylic acids is 2. The van der Waals surface area contributed by atoms with Crippen LogP contribution in [0.1, 0.15) is 22.3 Å². The van der Waals surface area contributed by atoms with Crippen molar-refractivity contribution in [3.8, 4) is 0 Å². The van der Waals surface area contributed by atoms with Gasteiger partial charge in [-0.05, 0) is 30.1 Å². The van der Waals surface area contributed by atoms with Crippen LogP contribution in [0.5, 0.6) is 0 Å². The Labute approximate surface area is 150 Å². The summed E-state index contributed by atoms with van der Waals surface area (Å²) >= 11 is 1.06. The number of hydrogen-bond donors (Lipinski definition) is 1. The highest BCUT2D eigenvalue weighted by molar-refractivity contribution is 7.08. The van der Waals surface area contributed by atoms with E-state index in [1.54, 1.807) is 4.90 Å². The van der Waals surface area contributed by atoms with Crippen molar-refractivity contribution in [3.63, 3.8) is 0 Å². The molecule has 2 amide bonds. The fourth-order valence-electron chi connectivity index (χ4n) is 2.81. The summed E-state index contributed by atoms with van der Waals surface area (Å²) in [4.78, 5) is 29.0. The number of aromatic nitrogens is 2. The summed E-state index contributed by atoms with van der Waals surface area (Å²) in [5.41, 5.74) is 1.85. The molecule has 1 fully saturated rings. The first-order valence-corrected chi connectivity index (χ1v) is 9.13. The lowest BCUT2D eigenvalue weighted by atomic mass is 10.2. The molecule has 1 aromatic carbocycles. The molecular formula is C17H21N5O2S. The van der Waals surface area contributed by atoms with Gasteiger partial charge in [0.25, 0.3) is 5.91 Å². The summed E-state index contributed by atoms with van der Waals surface area (Å²) in [6.07, 6.45) is 0.647. The monoisotopic (exact) mass is 359 g/mol. The summed E-state index contributed by atoms with van der Waals surface area (Å²) in [5.74, 6) is -0.334. The van der Waals surface area contributed by atoms with Crippen LogP contribution >= 0.6 is 11.5 Å². The predicted octanol–water partition coefficient (Wildman–Crippen LogP) is 1.18. The summed E-state index contributed by atoms with van der Waals surface area (Å²) < 4.78 is 3.80. The molecule has 1 aliphatic heterocycles. The standard InChI is InChI=1S/C17H21N5O2S/c1-2-14-16(25-20-19-14)17(24)18-12-15(23)22-10-8-21(9-11-22)13-6-4-3-5-7-13/h3-7H,2,8-12H2,1H3,(H,18,24). The number of carbonyl (C=O) groups is 2. The van der Waals surface area contributed by atoms with Crippen molar-refractivity contribution in [1.82, 2.24) is 19.8 Å². The zero-order valence-corrected chi connectivity index (χ0v) is 15.0. The van der Waals surface area contributed by atoms with Crippen molar-refractivity contribution in [2.24, 2.45) is 0 Å². The van der Waals surface area contributed by atoms with E-state index in [2.05, 4.69) is 31.9 Å². The number of para-hydroxylation sites is 1. The van der Waals surface area contributed by atoms with Gasteiger partial charge in [0.15, 0.2) is 0 Å². The van der Waals surface area contributed by atoms with Crippen LogP contribution in [0, 0.1) is 0 Å². The van der Waals surface area contributed by atoms with Crippen molar-refractivity contribution >= 4 is 29.0 Å². The van der Waals surface area contributed by atoms with Crippen LogP contribution in [-0.2, 0) is 11.2 Å². The van der Waals surface area contributed by atoms with Crippen LogP contribution in [-0.4, -0.2) is 59.0 Å². The Hall–Kier alpha value is -2.48. The van der Waals surface area contributed by atoms with Crippen LogP contribution in [0.15, 0.2) is 30.3 Å². The molecule has 0 aliphatic carbocycles. The van der Waals surface area contributed by atoms with Gasteiger partial charge in [-0.3, -0.25) is 9.59 Å². The number of benzene rings is 1. The van der Waals surface area contributed by atoms with E-state index in [1.807, 2.05) is 25.1 Å². The number of hydrogen-bond acceptors (Lipinski definition) is 6. The molecule has 1 saturated heterocycles. The van der Waals surface area contributed by atoms with Gasteiger partial charge in [-0.15, -0.1) is 5.10 Å². The largest absolute Gasteiger partial charge is 0.368 e. The van der Waals surface area contributed by atoms with Gasteiger partial charge in [0, 0.05) is 31.9 Å². The summed E-state index contributed by atoms with van der Waals surface area (Å²) in [6.45, 7) is 4.83. The van der Waals surface area contributed by atoms with Gasteiger partial charge in [0.05, 0.1) is 12.2 Å². The minimum atomic E-state index is -0.275. The van der Waals surface area contributed by atoms with E-state index in [9.17, 15) is 9.59 Å². The van der Waals surface area contributed by atoms with E-state index < -0.39 is 0 Å². The van der Waals surface area contributed by atoms with Crippen LogP contribution in [0.4, 0.5) is 5.69 Å². The lowest BCUT2D eigenvalue weighted by molar-refractivity contribution is -0.130. The average Bonchev–Trinajstić information content (AvgIpc) is 3.15. The minimum Gasteiger partial charge on any atom is -0.368 e. The first kappa shape index (κ1) is 17.3. The molecule has 1 aliphatic rings. The van der Waals surface area contributed by atoms with Gasteiger partial charge in [-0.1, -0.05) is 29.6 Å². The number of nitrogens with zero attached hydrogens (tertiary/aromatic N) is 4. The van der Waals surface area contributed by atoms with Crippen LogP contribution in [0.3, 0.4) is 0 Å². The van der Waals surface area contributed by atoms with Crippen molar-refractivity contribution in [3.05, 3.63) is 40.9 Å². The topological polar surface area (TPSA) is 78.4 Å². The molecule has 3 rings (SSSR count). The second-order valence-electron chi connectivity index (χ2n) is 5.79. The number of amides is 2. The molecule has 0 spiro atoms. The summed E-state index contributed by atoms with van der Waals surface area (Å²) in [7, 11) is 0. The second kappa shape index (κ2) is 8.06. The SMILES string of the molecule is CCc1nnsc1C(=O)NCC(=O)N1CCN(c2ccccc2)CC1. The third-order valence-corrected chi connectivity index (χ3v) is 5.02. The fourth-order valence-corrected chi connectivity index (χ4v) is 3.48. The van der Waals surface area contributed by atoms with Crippen molar-refractivity contribution in [2.75, 3.05) is 37.6 Å². The minimum absolute atomic E-state index is 0.00518. The van der Waals surface area contributed by atoms with Crippen molar-refractivity contribution in [1.29, 1.82) is 0 Å². The number of anilines is 1. The van der Waals surface area contributed by atoms with Gasteiger partial charge in [-0.2, -0.15) is 0 Å². The molecule has 0 radical (unpaired) electrons. The van der Waals surface area contributed by atoms with Crippen LogP contribution in [0.2, 0.25) is 0 Å². The Kier molecular flexibility index (Phi) is 5.60. The van der Waals surface area contributed by atoms with Crippen molar-refractivity contribution in [2.45, 2.75) is 13.3 Å². The number of nitrogens with one attached hydrogen (secondary N) is 1. The summed E-state index contributed by atoms with van der Waals surface area (Å²) in [5, 5.41) is 6.60. The van der Waals surface area contributed by atoms with E-state index in [4.69, 9.17) is 0 Å². The Morgan fingerprint density at radius 1 is 1.16 bits per heavy atom. The van der Waals surface area contributed by atoms with Gasteiger partial charge in [0.1, 0.15) is 4.88 Å². The lowest BCUT2D eigenvalue weighted by Crippen LogP contribution is -2.51. The third kappa shape index (κ3) is 4.14. The Balaban J connectivity index is 1.47. The van der Waals surface area contributed by atoms with Crippen LogP contribution in [0.25, 0.3) is 0 Å². The van der Waals surface area contributed by atoms with Gasteiger partial charge in [0.2, 0.25) is 5.91 Å². The average molecular weight is 359 g/mol. The Bertz CT molecular complexity index is 726. The second-order valence-corrected chi connectivity index (χ2v) is 6.54. The number of aryl methyl sites for hydroxylation is 1. The third-order valence-electron chi connectivity index (χ3n) is 4.25. The molecule has 0 saturated carbocycles. The molecule has 1 aromatic heterocycles. The maximum Gasteiger partial charge on any atom is 0.265 e. The predicted molar refractivity (Wildman–Crippen MR) is 96.9 cm³/mol. The Morgan fingerprint density at radius 2 is 1.88 bits per heavy atom. The smallest absolute Gasteiger partial charge is 0.265 e. The molecule has 1 N–H and O–H groups in total. The van der Waals surface area contributed by atoms with E-state index in [0.29, 0.717) is 30.1 Å². The van der Waals surface area contributed by atoms with E-state index in [0.717, 1.165) is 24.6 Å². The first-order chi connectivity index (χ1) is 12.2. The van der Waals surface area contributed by atoms with Gasteiger partial charge in [-0.25, -0.2) is 0 Å². The van der Waals surface area contributed by atoms with E-state index in [-0.39, 0.29) is 18.4 Å². The highest BCUT2D eigenvalue weighted by atomic mass is 32.1. The van der Waals surface area contributed by atoms with Gasteiger partial charge < -0.3 is 15.1 Å². The highest BCUT2D eigenvalue weighted by Crippen LogP contribution is 2.15. The molecule has 2 heterocycles. The molecule has 0 unspecified atom stereocenters. The zero-order chi connectivity index (χ0) is 17.6. The quantitative estimate of drug-likeness (QED) is 0.867. The lowest BCUT2D eigenvalue weighted by Gasteiger charge is -2.36. The fraction of sp³-hybridized carbons (Fsp3) is 0.412. The molecule has 132 valence electrons. The molecule has 8 heteroatoms. The molecule has 2 aromatic rings. The maximum absolute atomic E-state index is 12.3. The molecule has 7 nitrogen and oxygen atoms in total. The highest BCUT2D eigenvalue weighted by Gasteiger charge is 2.22. The number of rotatable bonds is 5. The van der Waals surface area contributed by atoms with Gasteiger partial charge >= 0.3 is 0 Å². The summed E-state index contributed by atoms with van der Waals surface area (Å²) in [6, 6.07) is 10.2. The van der Waals surface area contributed by atoms with Crippen molar-refractivity contribution < 1.29 is 9.59 Å². The van der Waals surface area contributed by atoms with Crippen LogP contribution < -0.4 is 10.2 Å².